The minimum Gasteiger partial charge on any atom is -0.333 e. The first-order valence-electron chi connectivity index (χ1n) is 4.75. The molecule has 4 nitrogen and oxygen atoms in total. The monoisotopic (exact) mass is 250 g/mol. The minimum atomic E-state index is -1.12. The van der Waals surface area contributed by atoms with Crippen molar-refractivity contribution in [3.63, 3.8) is 0 Å². The smallest absolute Gasteiger partial charge is 0.171 e. The van der Waals surface area contributed by atoms with Crippen LogP contribution in [0.1, 0.15) is 5.56 Å². The predicted octanol–water partition coefficient (Wildman–Crippen LogP) is 2.51. The fourth-order valence-corrected chi connectivity index (χ4v) is 1.29. The number of hydrogen-bond acceptors (Lipinski definition) is 4. The van der Waals surface area contributed by atoms with Crippen molar-refractivity contribution in [2.24, 2.45) is 0 Å². The van der Waals surface area contributed by atoms with Gasteiger partial charge in [-0.05, 0) is 6.07 Å². The molecular weight excluding hydrogens is 245 g/mol. The summed E-state index contributed by atoms with van der Waals surface area (Å²) < 4.78 is 39.4. The Labute approximate surface area is 99.7 Å². The maximum absolute atomic E-state index is 13.4. The van der Waals surface area contributed by atoms with Crippen LogP contribution in [0.4, 0.5) is 24.7 Å². The van der Waals surface area contributed by atoms with Gasteiger partial charge in [0.1, 0.15) is 17.6 Å². The van der Waals surface area contributed by atoms with Crippen LogP contribution in [0.2, 0.25) is 0 Å². The van der Waals surface area contributed by atoms with Crippen LogP contribution in [0.5, 0.6) is 0 Å². The summed E-state index contributed by atoms with van der Waals surface area (Å²) in [6.45, 7) is 0. The Morgan fingerprint density at radius 2 is 1.83 bits per heavy atom. The van der Waals surface area contributed by atoms with Crippen LogP contribution in [-0.4, -0.2) is 10.2 Å². The zero-order chi connectivity index (χ0) is 13.1. The number of nitriles is 1. The Hall–Kier alpha value is -2.62. The lowest BCUT2D eigenvalue weighted by atomic mass is 10.2. The van der Waals surface area contributed by atoms with Crippen LogP contribution >= 0.6 is 0 Å². The minimum absolute atomic E-state index is 0.0631. The van der Waals surface area contributed by atoms with Gasteiger partial charge in [0.15, 0.2) is 17.5 Å². The standard InChI is InChI=1S/C11H5F3N4/c12-7-3-8(13)10(9(14)4-7)17-11-6(5-15)1-2-16-18-11/h1-4H,(H,17,18). The number of nitrogens with zero attached hydrogens (tertiary/aromatic N) is 3. The molecule has 2 rings (SSSR count). The van der Waals surface area contributed by atoms with E-state index in [1.807, 2.05) is 0 Å². The van der Waals surface area contributed by atoms with E-state index >= 15 is 0 Å². The van der Waals surface area contributed by atoms with Crippen molar-refractivity contribution in [2.45, 2.75) is 0 Å². The van der Waals surface area contributed by atoms with Gasteiger partial charge in [-0.25, -0.2) is 13.2 Å². The summed E-state index contributed by atoms with van der Waals surface area (Å²) in [7, 11) is 0. The van der Waals surface area contributed by atoms with Crippen molar-refractivity contribution < 1.29 is 13.2 Å². The zero-order valence-corrected chi connectivity index (χ0v) is 8.78. The lowest BCUT2D eigenvalue weighted by molar-refractivity contribution is 0.548. The molecule has 0 aliphatic heterocycles. The van der Waals surface area contributed by atoms with E-state index in [4.69, 9.17) is 5.26 Å². The molecule has 1 heterocycles. The van der Waals surface area contributed by atoms with E-state index in [9.17, 15) is 13.2 Å². The number of anilines is 2. The molecule has 0 fully saturated rings. The molecule has 0 atom stereocenters. The second-order valence-electron chi connectivity index (χ2n) is 3.27. The average molecular weight is 250 g/mol. The van der Waals surface area contributed by atoms with Crippen LogP contribution in [-0.2, 0) is 0 Å². The summed E-state index contributed by atoms with van der Waals surface area (Å²) in [6.07, 6.45) is 1.26. The molecule has 0 spiro atoms. The molecule has 1 aromatic heterocycles. The summed E-state index contributed by atoms with van der Waals surface area (Å²) in [5.74, 6) is -3.39. The second-order valence-corrected chi connectivity index (χ2v) is 3.27. The van der Waals surface area contributed by atoms with Gasteiger partial charge in [0, 0.05) is 12.1 Å². The number of benzene rings is 1. The SMILES string of the molecule is N#Cc1ccnnc1Nc1c(F)cc(F)cc1F. The first-order valence-corrected chi connectivity index (χ1v) is 4.75. The van der Waals surface area contributed by atoms with Gasteiger partial charge in [-0.1, -0.05) is 0 Å². The molecule has 0 radical (unpaired) electrons. The van der Waals surface area contributed by atoms with E-state index in [1.54, 1.807) is 6.07 Å². The molecular formula is C11H5F3N4. The molecule has 0 unspecified atom stereocenters. The highest BCUT2D eigenvalue weighted by atomic mass is 19.1. The van der Waals surface area contributed by atoms with E-state index < -0.39 is 23.1 Å². The largest absolute Gasteiger partial charge is 0.333 e. The van der Waals surface area contributed by atoms with Gasteiger partial charge in [-0.2, -0.15) is 10.4 Å². The number of hydrogen-bond donors (Lipinski definition) is 1. The molecule has 1 N–H and O–H groups in total. The molecule has 0 saturated heterocycles. The molecule has 1 aromatic carbocycles. The van der Waals surface area contributed by atoms with E-state index in [1.165, 1.54) is 12.3 Å². The molecule has 0 aliphatic rings. The quantitative estimate of drug-likeness (QED) is 0.889. The Bertz CT molecular complexity index is 613. The van der Waals surface area contributed by atoms with Gasteiger partial charge in [-0.15, -0.1) is 5.10 Å². The maximum Gasteiger partial charge on any atom is 0.171 e. The van der Waals surface area contributed by atoms with Crippen molar-refractivity contribution in [3.8, 4) is 6.07 Å². The average Bonchev–Trinajstić information content (AvgIpc) is 2.34. The number of rotatable bonds is 2. The van der Waals surface area contributed by atoms with Gasteiger partial charge in [0.25, 0.3) is 0 Å². The molecule has 0 bridgehead atoms. The highest BCUT2D eigenvalue weighted by Crippen LogP contribution is 2.24. The van der Waals surface area contributed by atoms with Crippen LogP contribution in [0.3, 0.4) is 0 Å². The summed E-state index contributed by atoms with van der Waals surface area (Å²) in [5.41, 5.74) is -0.526. The van der Waals surface area contributed by atoms with Crippen LogP contribution < -0.4 is 5.32 Å². The summed E-state index contributed by atoms with van der Waals surface area (Å²) in [6, 6.07) is 4.15. The Morgan fingerprint density at radius 1 is 1.17 bits per heavy atom. The first-order chi connectivity index (χ1) is 8.61. The second kappa shape index (κ2) is 4.71. The lowest BCUT2D eigenvalue weighted by Gasteiger charge is -2.08. The molecule has 2 aromatic rings. The Morgan fingerprint density at radius 3 is 2.44 bits per heavy atom. The normalized spacial score (nSPS) is 9.89. The third-order valence-corrected chi connectivity index (χ3v) is 2.09. The van der Waals surface area contributed by atoms with Gasteiger partial charge in [0.2, 0.25) is 0 Å². The van der Waals surface area contributed by atoms with Crippen LogP contribution in [0.15, 0.2) is 24.4 Å². The molecule has 18 heavy (non-hydrogen) atoms. The fourth-order valence-electron chi connectivity index (χ4n) is 1.29. The van der Waals surface area contributed by atoms with Crippen LogP contribution in [0.25, 0.3) is 0 Å². The third kappa shape index (κ3) is 2.22. The van der Waals surface area contributed by atoms with E-state index in [-0.39, 0.29) is 11.4 Å². The van der Waals surface area contributed by atoms with Crippen molar-refractivity contribution in [1.29, 1.82) is 5.26 Å². The lowest BCUT2D eigenvalue weighted by Crippen LogP contribution is -2.03. The van der Waals surface area contributed by atoms with E-state index in [0.717, 1.165) is 0 Å². The summed E-state index contributed by atoms with van der Waals surface area (Å²) in [5, 5.41) is 18.1. The van der Waals surface area contributed by atoms with Crippen molar-refractivity contribution in [1.82, 2.24) is 10.2 Å². The first kappa shape index (κ1) is 11.9. The summed E-state index contributed by atoms with van der Waals surface area (Å²) in [4.78, 5) is 0. The fraction of sp³-hybridized carbons (Fsp3) is 0. The molecule has 7 heteroatoms. The number of aromatic nitrogens is 2. The molecule has 0 saturated carbocycles. The maximum atomic E-state index is 13.4. The number of nitrogens with one attached hydrogen (secondary N) is 1. The van der Waals surface area contributed by atoms with Gasteiger partial charge in [0.05, 0.1) is 11.8 Å². The van der Waals surface area contributed by atoms with Crippen LogP contribution in [0, 0.1) is 28.8 Å². The highest BCUT2D eigenvalue weighted by Gasteiger charge is 2.14. The van der Waals surface area contributed by atoms with Gasteiger partial charge >= 0.3 is 0 Å². The third-order valence-electron chi connectivity index (χ3n) is 2.09. The summed E-state index contributed by atoms with van der Waals surface area (Å²) >= 11 is 0. The predicted molar refractivity (Wildman–Crippen MR) is 56.3 cm³/mol. The zero-order valence-electron chi connectivity index (χ0n) is 8.78. The molecule has 0 amide bonds. The van der Waals surface area contributed by atoms with Crippen molar-refractivity contribution >= 4 is 11.5 Å². The van der Waals surface area contributed by atoms with Crippen molar-refractivity contribution in [2.75, 3.05) is 5.32 Å². The van der Waals surface area contributed by atoms with E-state index in [0.29, 0.717) is 12.1 Å². The highest BCUT2D eigenvalue weighted by molar-refractivity contribution is 5.62. The Kier molecular flexibility index (Phi) is 3.10. The van der Waals surface area contributed by atoms with Gasteiger partial charge in [-0.3, -0.25) is 0 Å². The molecule has 90 valence electrons. The molecule has 0 aliphatic carbocycles. The Balaban J connectivity index is 2.44. The van der Waals surface area contributed by atoms with Crippen molar-refractivity contribution in [3.05, 3.63) is 47.4 Å². The van der Waals surface area contributed by atoms with E-state index in [2.05, 4.69) is 15.5 Å². The topological polar surface area (TPSA) is 61.6 Å². The number of halogens is 3. The van der Waals surface area contributed by atoms with Gasteiger partial charge < -0.3 is 5.32 Å².